The van der Waals surface area contributed by atoms with Crippen LogP contribution in [0.2, 0.25) is 0 Å². The van der Waals surface area contributed by atoms with Gasteiger partial charge < -0.3 is 0 Å². The Morgan fingerprint density at radius 3 is 2.86 bits per heavy atom. The minimum atomic E-state index is -0.450. The number of aromatic nitrogens is 1. The van der Waals surface area contributed by atoms with Gasteiger partial charge in [0.1, 0.15) is 5.54 Å². The summed E-state index contributed by atoms with van der Waals surface area (Å²) >= 11 is 0. The van der Waals surface area contributed by atoms with Gasteiger partial charge in [-0.15, -0.1) is 0 Å². The molecule has 1 N–H and O–H groups in total. The van der Waals surface area contributed by atoms with E-state index in [9.17, 15) is 0 Å². The van der Waals surface area contributed by atoms with E-state index in [2.05, 4.69) is 16.4 Å². The number of nitrogens with zero attached hydrogens (tertiary/aromatic N) is 2. The number of nitriles is 1. The molecule has 0 saturated carbocycles. The highest BCUT2D eigenvalue weighted by atomic mass is 14.9. The second kappa shape index (κ2) is 4.73. The summed E-state index contributed by atoms with van der Waals surface area (Å²) in [5.41, 5.74) is 0.600. The van der Waals surface area contributed by atoms with Crippen molar-refractivity contribution in [1.29, 1.82) is 5.26 Å². The molecule has 0 saturated heterocycles. The molecule has 0 fully saturated rings. The summed E-state index contributed by atoms with van der Waals surface area (Å²) in [6.07, 6.45) is 2.64. The predicted molar refractivity (Wildman–Crippen MR) is 55.6 cm³/mol. The molecule has 0 radical (unpaired) electrons. The van der Waals surface area contributed by atoms with E-state index in [0.29, 0.717) is 0 Å². The molecular weight excluding hydrogens is 174 g/mol. The maximum atomic E-state index is 8.76. The SMILES string of the molecule is CC(C)(C#N)NCCc1ccccn1. The molecule has 3 heteroatoms. The van der Waals surface area contributed by atoms with Crippen molar-refractivity contribution in [3.63, 3.8) is 0 Å². The lowest BCUT2D eigenvalue weighted by atomic mass is 10.1. The Bertz CT molecular complexity index is 311. The molecule has 1 aromatic heterocycles. The van der Waals surface area contributed by atoms with Gasteiger partial charge in [-0.1, -0.05) is 6.07 Å². The van der Waals surface area contributed by atoms with E-state index in [1.54, 1.807) is 6.20 Å². The molecule has 0 bridgehead atoms. The van der Waals surface area contributed by atoms with Crippen LogP contribution in [0.4, 0.5) is 0 Å². The molecule has 3 nitrogen and oxygen atoms in total. The van der Waals surface area contributed by atoms with Crippen LogP contribution < -0.4 is 5.32 Å². The Balaban J connectivity index is 2.34. The van der Waals surface area contributed by atoms with E-state index in [0.717, 1.165) is 18.7 Å². The molecule has 14 heavy (non-hydrogen) atoms. The van der Waals surface area contributed by atoms with Crippen molar-refractivity contribution < 1.29 is 0 Å². The highest BCUT2D eigenvalue weighted by Gasteiger charge is 2.14. The quantitative estimate of drug-likeness (QED) is 0.781. The van der Waals surface area contributed by atoms with Crippen molar-refractivity contribution in [3.8, 4) is 6.07 Å². The standard InChI is InChI=1S/C11H15N3/c1-11(2,9-12)14-8-6-10-5-3-4-7-13-10/h3-5,7,14H,6,8H2,1-2H3. The molecule has 0 aliphatic heterocycles. The molecule has 1 heterocycles. The highest BCUT2D eigenvalue weighted by molar-refractivity contribution is 5.05. The van der Waals surface area contributed by atoms with Gasteiger partial charge in [0, 0.05) is 24.9 Å². The van der Waals surface area contributed by atoms with Gasteiger partial charge in [0.2, 0.25) is 0 Å². The van der Waals surface area contributed by atoms with Crippen LogP contribution in [-0.4, -0.2) is 17.1 Å². The average Bonchev–Trinajstić information content (AvgIpc) is 2.19. The summed E-state index contributed by atoms with van der Waals surface area (Å²) in [6, 6.07) is 8.05. The van der Waals surface area contributed by atoms with Crippen molar-refractivity contribution in [2.75, 3.05) is 6.54 Å². The number of hydrogen-bond donors (Lipinski definition) is 1. The molecule has 0 aliphatic rings. The molecular formula is C11H15N3. The van der Waals surface area contributed by atoms with Crippen molar-refractivity contribution >= 4 is 0 Å². The van der Waals surface area contributed by atoms with Crippen molar-refractivity contribution in [3.05, 3.63) is 30.1 Å². The molecule has 0 unspecified atom stereocenters. The fraction of sp³-hybridized carbons (Fsp3) is 0.455. The Labute approximate surface area is 84.8 Å². The second-order valence-corrected chi connectivity index (χ2v) is 3.73. The summed E-state index contributed by atoms with van der Waals surface area (Å²) in [6.45, 7) is 4.51. The Morgan fingerprint density at radius 1 is 1.50 bits per heavy atom. The predicted octanol–water partition coefficient (Wildman–Crippen LogP) is 1.52. The lowest BCUT2D eigenvalue weighted by Gasteiger charge is -2.16. The van der Waals surface area contributed by atoms with Crippen molar-refractivity contribution in [2.24, 2.45) is 0 Å². The summed E-state index contributed by atoms with van der Waals surface area (Å²) in [4.78, 5) is 4.20. The third kappa shape index (κ3) is 3.55. The normalized spacial score (nSPS) is 10.9. The molecule has 1 aromatic rings. The van der Waals surface area contributed by atoms with E-state index in [1.807, 2.05) is 32.0 Å². The zero-order valence-electron chi connectivity index (χ0n) is 8.62. The summed E-state index contributed by atoms with van der Waals surface area (Å²) in [5.74, 6) is 0. The van der Waals surface area contributed by atoms with Gasteiger partial charge in [-0.05, 0) is 26.0 Å². The van der Waals surface area contributed by atoms with Crippen LogP contribution in [-0.2, 0) is 6.42 Å². The topological polar surface area (TPSA) is 48.7 Å². The second-order valence-electron chi connectivity index (χ2n) is 3.73. The number of nitrogens with one attached hydrogen (secondary N) is 1. The molecule has 0 aliphatic carbocycles. The lowest BCUT2D eigenvalue weighted by molar-refractivity contribution is 0.488. The van der Waals surface area contributed by atoms with Gasteiger partial charge >= 0.3 is 0 Å². The van der Waals surface area contributed by atoms with E-state index in [4.69, 9.17) is 5.26 Å². The van der Waals surface area contributed by atoms with Crippen LogP contribution in [0.15, 0.2) is 24.4 Å². The first-order valence-electron chi connectivity index (χ1n) is 4.70. The minimum absolute atomic E-state index is 0.450. The van der Waals surface area contributed by atoms with E-state index >= 15 is 0 Å². The van der Waals surface area contributed by atoms with E-state index < -0.39 is 5.54 Å². The molecule has 0 atom stereocenters. The third-order valence-electron chi connectivity index (χ3n) is 1.95. The number of pyridine rings is 1. The largest absolute Gasteiger partial charge is 0.299 e. The maximum Gasteiger partial charge on any atom is 0.101 e. The van der Waals surface area contributed by atoms with Gasteiger partial charge in [-0.2, -0.15) is 5.26 Å². The molecule has 74 valence electrons. The minimum Gasteiger partial charge on any atom is -0.299 e. The van der Waals surface area contributed by atoms with Crippen LogP contribution in [0.1, 0.15) is 19.5 Å². The lowest BCUT2D eigenvalue weighted by Crippen LogP contribution is -2.38. The van der Waals surface area contributed by atoms with Crippen LogP contribution in [0.25, 0.3) is 0 Å². The fourth-order valence-corrected chi connectivity index (χ4v) is 1.09. The monoisotopic (exact) mass is 189 g/mol. The van der Waals surface area contributed by atoms with Crippen molar-refractivity contribution in [2.45, 2.75) is 25.8 Å². The van der Waals surface area contributed by atoms with Crippen LogP contribution in [0, 0.1) is 11.3 Å². The highest BCUT2D eigenvalue weighted by Crippen LogP contribution is 1.99. The van der Waals surface area contributed by atoms with E-state index in [-0.39, 0.29) is 0 Å². The number of hydrogen-bond acceptors (Lipinski definition) is 3. The van der Waals surface area contributed by atoms with Crippen molar-refractivity contribution in [1.82, 2.24) is 10.3 Å². The first-order chi connectivity index (χ1) is 6.64. The summed E-state index contributed by atoms with van der Waals surface area (Å²) in [5, 5.41) is 11.9. The van der Waals surface area contributed by atoms with E-state index in [1.165, 1.54) is 0 Å². The van der Waals surface area contributed by atoms with Crippen LogP contribution >= 0.6 is 0 Å². The van der Waals surface area contributed by atoms with Crippen LogP contribution in [0.5, 0.6) is 0 Å². The summed E-state index contributed by atoms with van der Waals surface area (Å²) < 4.78 is 0. The van der Waals surface area contributed by atoms with Gasteiger partial charge in [0.25, 0.3) is 0 Å². The number of rotatable bonds is 4. The van der Waals surface area contributed by atoms with Gasteiger partial charge in [0.15, 0.2) is 0 Å². The zero-order valence-corrected chi connectivity index (χ0v) is 8.62. The van der Waals surface area contributed by atoms with Crippen LogP contribution in [0.3, 0.4) is 0 Å². The summed E-state index contributed by atoms with van der Waals surface area (Å²) in [7, 11) is 0. The first kappa shape index (κ1) is 10.7. The van der Waals surface area contributed by atoms with Gasteiger partial charge in [-0.25, -0.2) is 0 Å². The Hall–Kier alpha value is -1.40. The molecule has 0 amide bonds. The van der Waals surface area contributed by atoms with Gasteiger partial charge in [-0.3, -0.25) is 10.3 Å². The average molecular weight is 189 g/mol. The van der Waals surface area contributed by atoms with Gasteiger partial charge in [0.05, 0.1) is 6.07 Å². The zero-order chi connectivity index (χ0) is 10.4. The molecule has 0 aromatic carbocycles. The smallest absolute Gasteiger partial charge is 0.101 e. The molecule has 0 spiro atoms. The third-order valence-corrected chi connectivity index (χ3v) is 1.95. The molecule has 1 rings (SSSR count). The first-order valence-corrected chi connectivity index (χ1v) is 4.70. The Morgan fingerprint density at radius 2 is 2.29 bits per heavy atom. The maximum absolute atomic E-state index is 8.76. The fourth-order valence-electron chi connectivity index (χ4n) is 1.09. The Kier molecular flexibility index (Phi) is 3.61.